The van der Waals surface area contributed by atoms with Crippen LogP contribution in [0.2, 0.25) is 0 Å². The fourth-order valence-electron chi connectivity index (χ4n) is 1.58. The smallest absolute Gasteiger partial charge is 0.346 e. The Morgan fingerprint density at radius 3 is 2.94 bits per heavy atom. The summed E-state index contributed by atoms with van der Waals surface area (Å²) in [4.78, 5) is 20.0. The molecular weight excluding hydrogens is 242 g/mol. The molecule has 0 bridgehead atoms. The molecular formula is C10H11N3O3S. The van der Waals surface area contributed by atoms with E-state index in [-0.39, 0.29) is 11.5 Å². The van der Waals surface area contributed by atoms with E-state index in [1.54, 1.807) is 6.92 Å². The standard InChI is InChI=1S/C10H11N3O3S/c1-5-6-8(11-2-3-14)12-4-13-9(6)17-7(5)10(15)16/h4,14H,2-3H2,1H3,(H,15,16)(H,11,12,13). The lowest BCUT2D eigenvalue weighted by Crippen LogP contribution is -2.07. The van der Waals surface area contributed by atoms with Gasteiger partial charge in [0, 0.05) is 6.54 Å². The number of rotatable bonds is 4. The molecule has 0 aliphatic heterocycles. The summed E-state index contributed by atoms with van der Waals surface area (Å²) in [6, 6.07) is 0. The van der Waals surface area contributed by atoms with E-state index in [0.29, 0.717) is 28.1 Å². The fraction of sp³-hybridized carbons (Fsp3) is 0.300. The summed E-state index contributed by atoms with van der Waals surface area (Å²) in [6.45, 7) is 2.08. The number of fused-ring (bicyclic) bond motifs is 1. The van der Waals surface area contributed by atoms with Crippen molar-refractivity contribution in [2.75, 3.05) is 18.5 Å². The molecule has 0 aromatic carbocycles. The lowest BCUT2D eigenvalue weighted by molar-refractivity contribution is 0.0701. The van der Waals surface area contributed by atoms with E-state index in [0.717, 1.165) is 11.3 Å². The number of carboxylic acid groups (broad SMARTS) is 1. The number of carboxylic acids is 1. The van der Waals surface area contributed by atoms with E-state index in [9.17, 15) is 4.79 Å². The van der Waals surface area contributed by atoms with Crippen LogP contribution < -0.4 is 5.32 Å². The number of aryl methyl sites for hydroxylation is 1. The molecule has 90 valence electrons. The molecule has 0 radical (unpaired) electrons. The zero-order chi connectivity index (χ0) is 12.4. The highest BCUT2D eigenvalue weighted by Crippen LogP contribution is 2.32. The van der Waals surface area contributed by atoms with Crippen LogP contribution in [0.25, 0.3) is 10.2 Å². The van der Waals surface area contributed by atoms with Crippen LogP contribution in [0, 0.1) is 6.92 Å². The van der Waals surface area contributed by atoms with Crippen LogP contribution >= 0.6 is 11.3 Å². The maximum atomic E-state index is 11.0. The van der Waals surface area contributed by atoms with Crippen LogP contribution in [0.4, 0.5) is 5.82 Å². The van der Waals surface area contributed by atoms with E-state index in [1.807, 2.05) is 0 Å². The van der Waals surface area contributed by atoms with Crippen molar-refractivity contribution in [3.8, 4) is 0 Å². The Morgan fingerprint density at radius 1 is 1.53 bits per heavy atom. The summed E-state index contributed by atoms with van der Waals surface area (Å²) in [5, 5.41) is 21.5. The predicted octanol–water partition coefficient (Wildman–Crippen LogP) is 1.10. The average Bonchev–Trinajstić information content (AvgIpc) is 2.65. The van der Waals surface area contributed by atoms with Gasteiger partial charge in [0.15, 0.2) is 0 Å². The molecule has 0 atom stereocenters. The first-order valence-corrected chi connectivity index (χ1v) is 5.79. The average molecular weight is 253 g/mol. The molecule has 2 heterocycles. The van der Waals surface area contributed by atoms with Gasteiger partial charge in [-0.1, -0.05) is 0 Å². The minimum Gasteiger partial charge on any atom is -0.477 e. The van der Waals surface area contributed by atoms with Crippen LogP contribution in [-0.2, 0) is 0 Å². The van der Waals surface area contributed by atoms with Crippen LogP contribution in [0.1, 0.15) is 15.2 Å². The number of nitrogens with one attached hydrogen (secondary N) is 1. The van der Waals surface area contributed by atoms with Crippen molar-refractivity contribution in [2.45, 2.75) is 6.92 Å². The van der Waals surface area contributed by atoms with E-state index in [2.05, 4.69) is 15.3 Å². The normalized spacial score (nSPS) is 10.7. The molecule has 0 aliphatic carbocycles. The molecule has 0 spiro atoms. The van der Waals surface area contributed by atoms with Gasteiger partial charge in [-0.3, -0.25) is 0 Å². The number of anilines is 1. The van der Waals surface area contributed by atoms with Gasteiger partial charge in [-0.05, 0) is 12.5 Å². The summed E-state index contributed by atoms with van der Waals surface area (Å²) >= 11 is 1.13. The van der Waals surface area contributed by atoms with Gasteiger partial charge < -0.3 is 15.5 Å². The van der Waals surface area contributed by atoms with Gasteiger partial charge in [0.2, 0.25) is 0 Å². The molecule has 0 unspecified atom stereocenters. The van der Waals surface area contributed by atoms with Crippen molar-refractivity contribution in [2.24, 2.45) is 0 Å². The summed E-state index contributed by atoms with van der Waals surface area (Å²) in [5.74, 6) is -0.399. The Hall–Kier alpha value is -1.73. The lowest BCUT2D eigenvalue weighted by Gasteiger charge is -2.04. The number of aliphatic hydroxyl groups excluding tert-OH is 1. The van der Waals surface area contributed by atoms with Crippen molar-refractivity contribution in [3.63, 3.8) is 0 Å². The summed E-state index contributed by atoms with van der Waals surface area (Å²) in [6.07, 6.45) is 1.38. The van der Waals surface area contributed by atoms with Crippen molar-refractivity contribution in [1.82, 2.24) is 9.97 Å². The Balaban J connectivity index is 2.58. The van der Waals surface area contributed by atoms with Crippen molar-refractivity contribution in [1.29, 1.82) is 0 Å². The molecule has 17 heavy (non-hydrogen) atoms. The first-order valence-electron chi connectivity index (χ1n) is 4.97. The number of carbonyl (C=O) groups is 1. The summed E-state index contributed by atoms with van der Waals surface area (Å²) < 4.78 is 0. The second kappa shape index (κ2) is 4.64. The Kier molecular flexibility index (Phi) is 3.21. The quantitative estimate of drug-likeness (QED) is 0.755. The van der Waals surface area contributed by atoms with E-state index in [1.165, 1.54) is 6.33 Å². The van der Waals surface area contributed by atoms with Crippen molar-refractivity contribution in [3.05, 3.63) is 16.8 Å². The first kappa shape index (κ1) is 11.7. The minimum absolute atomic E-state index is 0.0134. The van der Waals surface area contributed by atoms with Crippen LogP contribution in [0.3, 0.4) is 0 Å². The third-order valence-corrected chi connectivity index (χ3v) is 3.51. The number of thiophene rings is 1. The van der Waals surface area contributed by atoms with Gasteiger partial charge in [0.05, 0.1) is 12.0 Å². The lowest BCUT2D eigenvalue weighted by atomic mass is 10.2. The van der Waals surface area contributed by atoms with Crippen LogP contribution in [-0.4, -0.2) is 39.3 Å². The van der Waals surface area contributed by atoms with Gasteiger partial charge in [-0.25, -0.2) is 14.8 Å². The Morgan fingerprint density at radius 2 is 2.29 bits per heavy atom. The van der Waals surface area contributed by atoms with Gasteiger partial charge in [-0.2, -0.15) is 0 Å². The van der Waals surface area contributed by atoms with E-state index in [4.69, 9.17) is 10.2 Å². The molecule has 0 amide bonds. The molecule has 6 nitrogen and oxygen atoms in total. The summed E-state index contributed by atoms with van der Waals surface area (Å²) in [7, 11) is 0. The summed E-state index contributed by atoms with van der Waals surface area (Å²) in [5.41, 5.74) is 0.651. The van der Waals surface area contributed by atoms with Crippen LogP contribution in [0.15, 0.2) is 6.33 Å². The zero-order valence-corrected chi connectivity index (χ0v) is 9.91. The van der Waals surface area contributed by atoms with Gasteiger partial charge >= 0.3 is 5.97 Å². The first-order chi connectivity index (χ1) is 8.15. The monoisotopic (exact) mass is 253 g/mol. The highest BCUT2D eigenvalue weighted by atomic mass is 32.1. The highest BCUT2D eigenvalue weighted by Gasteiger charge is 2.18. The molecule has 0 saturated carbocycles. The SMILES string of the molecule is Cc1c(C(=O)O)sc2ncnc(NCCO)c12. The molecule has 0 aliphatic rings. The predicted molar refractivity (Wildman–Crippen MR) is 64.7 cm³/mol. The molecule has 2 aromatic rings. The number of aliphatic hydroxyl groups is 1. The molecule has 2 aromatic heterocycles. The number of hydrogen-bond acceptors (Lipinski definition) is 6. The second-order valence-corrected chi connectivity index (χ2v) is 4.41. The molecule has 0 saturated heterocycles. The number of aromatic nitrogens is 2. The van der Waals surface area contributed by atoms with Crippen molar-refractivity contribution >= 4 is 33.3 Å². The Bertz CT molecular complexity index is 567. The minimum atomic E-state index is -0.960. The maximum absolute atomic E-state index is 11.0. The number of hydrogen-bond donors (Lipinski definition) is 3. The topological polar surface area (TPSA) is 95.3 Å². The third-order valence-electron chi connectivity index (χ3n) is 2.33. The Labute approximate surface area is 101 Å². The molecule has 0 fully saturated rings. The number of aromatic carboxylic acids is 1. The second-order valence-electron chi connectivity index (χ2n) is 3.41. The van der Waals surface area contributed by atoms with Gasteiger partial charge in [-0.15, -0.1) is 11.3 Å². The zero-order valence-electron chi connectivity index (χ0n) is 9.10. The fourth-order valence-corrected chi connectivity index (χ4v) is 2.57. The molecule has 2 rings (SSSR count). The van der Waals surface area contributed by atoms with Gasteiger partial charge in [0.25, 0.3) is 0 Å². The molecule has 7 heteroatoms. The third kappa shape index (κ3) is 2.06. The number of nitrogens with zero attached hydrogens (tertiary/aromatic N) is 2. The largest absolute Gasteiger partial charge is 0.477 e. The maximum Gasteiger partial charge on any atom is 0.346 e. The highest BCUT2D eigenvalue weighted by molar-refractivity contribution is 7.20. The van der Waals surface area contributed by atoms with E-state index >= 15 is 0 Å². The van der Waals surface area contributed by atoms with Crippen LogP contribution in [0.5, 0.6) is 0 Å². The molecule has 3 N–H and O–H groups in total. The van der Waals surface area contributed by atoms with Gasteiger partial charge in [0.1, 0.15) is 21.9 Å². The van der Waals surface area contributed by atoms with Crippen molar-refractivity contribution < 1.29 is 15.0 Å². The van der Waals surface area contributed by atoms with E-state index < -0.39 is 5.97 Å².